The van der Waals surface area contributed by atoms with Crippen molar-refractivity contribution in [2.45, 2.75) is 33.6 Å². The van der Waals surface area contributed by atoms with Crippen LogP contribution >= 0.6 is 0 Å². The monoisotopic (exact) mass is 216 g/mol. The van der Waals surface area contributed by atoms with Gasteiger partial charge in [-0.25, -0.2) is 0 Å². The van der Waals surface area contributed by atoms with Crippen LogP contribution in [0.4, 0.5) is 0 Å². The molecule has 0 aliphatic heterocycles. The number of hydrogen-bond donors (Lipinski definition) is 0. The van der Waals surface area contributed by atoms with Gasteiger partial charge in [0, 0.05) is 6.61 Å². The third-order valence-corrected chi connectivity index (χ3v) is 2.75. The normalized spacial score (nSPS) is 10.2. The van der Waals surface area contributed by atoms with Gasteiger partial charge in [-0.2, -0.15) is 0 Å². The Bertz CT molecular complexity index is 347. The molecule has 1 nitrogen and oxygen atoms in total. The van der Waals surface area contributed by atoms with E-state index in [1.807, 2.05) is 5.98 Å². The molecule has 0 N–H and O–H groups in total. The summed E-state index contributed by atoms with van der Waals surface area (Å²) in [7, 11) is 0. The van der Waals surface area contributed by atoms with Crippen LogP contribution in [0.3, 0.4) is 0 Å². The molecule has 16 heavy (non-hydrogen) atoms. The summed E-state index contributed by atoms with van der Waals surface area (Å²) in [5, 5.41) is 0. The van der Waals surface area contributed by atoms with Gasteiger partial charge >= 0.3 is 6.92 Å². The van der Waals surface area contributed by atoms with Gasteiger partial charge < -0.3 is 4.65 Å². The number of rotatable bonds is 6. The Morgan fingerprint density at radius 3 is 2.75 bits per heavy atom. The fourth-order valence-corrected chi connectivity index (χ4v) is 1.71. The topological polar surface area (TPSA) is 9.23 Å². The number of aryl methyl sites for hydroxylation is 2. The first-order chi connectivity index (χ1) is 7.69. The standard InChI is InChI=1S/C14H21BO/c1-5-7-10-16-15(6-2)14-11-12(3)8-9-13(14)4/h6,8-9,11H,2,5,7,10H2,1,3-4H3. The predicted octanol–water partition coefficient (Wildman–Crippen LogP) is 3.04. The fourth-order valence-electron chi connectivity index (χ4n) is 1.71. The maximum absolute atomic E-state index is 5.84. The zero-order valence-corrected chi connectivity index (χ0v) is 10.6. The van der Waals surface area contributed by atoms with Crippen LogP contribution in [0.5, 0.6) is 0 Å². The Hall–Kier alpha value is -1.02. The van der Waals surface area contributed by atoms with Gasteiger partial charge in [0.15, 0.2) is 0 Å². The SMILES string of the molecule is C=CB(OCCCC)c1cc(C)ccc1C. The first-order valence-corrected chi connectivity index (χ1v) is 6.00. The minimum absolute atomic E-state index is 0.0337. The molecule has 86 valence electrons. The first kappa shape index (κ1) is 13.1. The Morgan fingerprint density at radius 2 is 2.12 bits per heavy atom. The summed E-state index contributed by atoms with van der Waals surface area (Å²) in [5.74, 6) is 1.89. The van der Waals surface area contributed by atoms with Crippen molar-refractivity contribution in [3.63, 3.8) is 0 Å². The highest BCUT2D eigenvalue weighted by molar-refractivity contribution is 6.72. The van der Waals surface area contributed by atoms with Gasteiger partial charge in [0.1, 0.15) is 0 Å². The third-order valence-electron chi connectivity index (χ3n) is 2.75. The van der Waals surface area contributed by atoms with E-state index in [0.29, 0.717) is 0 Å². The molecule has 0 radical (unpaired) electrons. The molecule has 1 rings (SSSR count). The van der Waals surface area contributed by atoms with Crippen molar-refractivity contribution in [3.05, 3.63) is 41.9 Å². The number of benzene rings is 1. The van der Waals surface area contributed by atoms with Crippen LogP contribution in [0, 0.1) is 13.8 Å². The highest BCUT2D eigenvalue weighted by Gasteiger charge is 2.16. The van der Waals surface area contributed by atoms with Crippen molar-refractivity contribution in [2.24, 2.45) is 0 Å². The second-order valence-electron chi connectivity index (χ2n) is 4.24. The van der Waals surface area contributed by atoms with E-state index in [4.69, 9.17) is 4.65 Å². The van der Waals surface area contributed by atoms with Crippen LogP contribution in [0.2, 0.25) is 0 Å². The molecule has 1 aromatic carbocycles. The van der Waals surface area contributed by atoms with Crippen LogP contribution in [-0.2, 0) is 4.65 Å². The maximum atomic E-state index is 5.84. The second-order valence-corrected chi connectivity index (χ2v) is 4.24. The van der Waals surface area contributed by atoms with E-state index >= 15 is 0 Å². The number of hydrogen-bond acceptors (Lipinski definition) is 1. The summed E-state index contributed by atoms with van der Waals surface area (Å²) in [5.41, 5.74) is 3.78. The predicted molar refractivity (Wildman–Crippen MR) is 72.4 cm³/mol. The smallest absolute Gasteiger partial charge is 0.353 e. The van der Waals surface area contributed by atoms with Crippen molar-refractivity contribution >= 4 is 12.4 Å². The van der Waals surface area contributed by atoms with E-state index in [9.17, 15) is 0 Å². The summed E-state index contributed by atoms with van der Waals surface area (Å²) in [4.78, 5) is 0. The summed E-state index contributed by atoms with van der Waals surface area (Å²) in [6, 6.07) is 6.46. The van der Waals surface area contributed by atoms with Crippen molar-refractivity contribution in [3.8, 4) is 0 Å². The lowest BCUT2D eigenvalue weighted by Crippen LogP contribution is -2.34. The molecule has 0 heterocycles. The van der Waals surface area contributed by atoms with Crippen molar-refractivity contribution < 1.29 is 4.65 Å². The minimum Gasteiger partial charge on any atom is -0.427 e. The zero-order valence-electron chi connectivity index (χ0n) is 10.6. The van der Waals surface area contributed by atoms with Crippen LogP contribution in [0.15, 0.2) is 30.8 Å². The molecule has 0 amide bonds. The Balaban J connectivity index is 2.77. The Kier molecular flexibility index (Phi) is 5.34. The quantitative estimate of drug-likeness (QED) is 0.524. The van der Waals surface area contributed by atoms with E-state index in [1.54, 1.807) is 0 Å². The molecule has 0 unspecified atom stereocenters. The highest BCUT2D eigenvalue weighted by Crippen LogP contribution is 2.03. The molecule has 0 atom stereocenters. The summed E-state index contributed by atoms with van der Waals surface area (Å²) < 4.78 is 5.84. The van der Waals surface area contributed by atoms with E-state index < -0.39 is 0 Å². The molecule has 0 aliphatic carbocycles. The molecule has 0 fully saturated rings. The molecule has 0 saturated carbocycles. The summed E-state index contributed by atoms with van der Waals surface area (Å²) in [6.07, 6.45) is 2.27. The average Bonchev–Trinajstić information content (AvgIpc) is 2.28. The van der Waals surface area contributed by atoms with E-state index in [0.717, 1.165) is 19.4 Å². The van der Waals surface area contributed by atoms with E-state index in [1.165, 1.54) is 16.6 Å². The second kappa shape index (κ2) is 6.54. The minimum atomic E-state index is 0.0337. The van der Waals surface area contributed by atoms with Gasteiger partial charge in [-0.15, -0.1) is 6.58 Å². The molecular weight excluding hydrogens is 195 g/mol. The highest BCUT2D eigenvalue weighted by atomic mass is 16.4. The third kappa shape index (κ3) is 3.53. The van der Waals surface area contributed by atoms with Gasteiger partial charge in [-0.05, 0) is 25.7 Å². The van der Waals surface area contributed by atoms with Crippen LogP contribution < -0.4 is 5.46 Å². The molecule has 1 aromatic rings. The van der Waals surface area contributed by atoms with Crippen molar-refractivity contribution in [2.75, 3.05) is 6.61 Å². The van der Waals surface area contributed by atoms with Gasteiger partial charge in [0.2, 0.25) is 0 Å². The Labute approximate surface area is 99.6 Å². The molecular formula is C14H21BO. The molecule has 0 saturated heterocycles. The molecule has 0 spiro atoms. The van der Waals surface area contributed by atoms with Gasteiger partial charge in [0.05, 0.1) is 0 Å². The van der Waals surface area contributed by atoms with Gasteiger partial charge in [-0.1, -0.05) is 48.6 Å². The van der Waals surface area contributed by atoms with Crippen molar-refractivity contribution in [1.29, 1.82) is 0 Å². The van der Waals surface area contributed by atoms with Crippen LogP contribution in [-0.4, -0.2) is 13.5 Å². The van der Waals surface area contributed by atoms with E-state index in [2.05, 4.69) is 45.5 Å². The molecule has 0 bridgehead atoms. The van der Waals surface area contributed by atoms with Crippen LogP contribution in [0.25, 0.3) is 0 Å². The largest absolute Gasteiger partial charge is 0.427 e. The Morgan fingerprint density at radius 1 is 1.38 bits per heavy atom. The summed E-state index contributed by atoms with van der Waals surface area (Å²) >= 11 is 0. The van der Waals surface area contributed by atoms with Crippen molar-refractivity contribution in [1.82, 2.24) is 0 Å². The van der Waals surface area contributed by atoms with Gasteiger partial charge in [-0.3, -0.25) is 0 Å². The maximum Gasteiger partial charge on any atom is 0.353 e. The molecule has 0 aliphatic rings. The lowest BCUT2D eigenvalue weighted by atomic mass is 9.59. The number of unbranched alkanes of at least 4 members (excludes halogenated alkanes) is 1. The molecule has 2 heteroatoms. The van der Waals surface area contributed by atoms with E-state index in [-0.39, 0.29) is 6.92 Å². The van der Waals surface area contributed by atoms with Gasteiger partial charge in [0.25, 0.3) is 0 Å². The van der Waals surface area contributed by atoms with Crippen LogP contribution in [0.1, 0.15) is 30.9 Å². The summed E-state index contributed by atoms with van der Waals surface area (Å²) in [6.45, 7) is 11.1. The zero-order chi connectivity index (χ0) is 12.0. The molecule has 0 aromatic heterocycles. The lowest BCUT2D eigenvalue weighted by Gasteiger charge is -2.13. The average molecular weight is 216 g/mol. The fraction of sp³-hybridized carbons (Fsp3) is 0.429. The first-order valence-electron chi connectivity index (χ1n) is 6.00. The lowest BCUT2D eigenvalue weighted by molar-refractivity contribution is 0.323.